The maximum Gasteiger partial charge on any atom is 0.266 e. The molecular weight excluding hydrogens is 484 g/mol. The summed E-state index contributed by atoms with van der Waals surface area (Å²) in [5, 5.41) is 1.68. The van der Waals surface area contributed by atoms with Crippen LogP contribution in [0.4, 0.5) is 11.4 Å². The van der Waals surface area contributed by atoms with Gasteiger partial charge in [0.1, 0.15) is 11.7 Å². The van der Waals surface area contributed by atoms with E-state index < -0.39 is 24.0 Å². The fourth-order valence-electron chi connectivity index (χ4n) is 4.98. The van der Waals surface area contributed by atoms with Gasteiger partial charge in [0, 0.05) is 6.07 Å². The molecule has 0 aromatic heterocycles. The summed E-state index contributed by atoms with van der Waals surface area (Å²) in [6.45, 7) is 5.08. The molecule has 0 N–H and O–H groups in total. The Hall–Kier alpha value is -4.04. The minimum Gasteiger partial charge on any atom is -0.497 e. The topological polar surface area (TPSA) is 77.5 Å². The lowest BCUT2D eigenvalue weighted by molar-refractivity contribution is -0.126. The van der Waals surface area contributed by atoms with Crippen LogP contribution in [0.15, 0.2) is 72.8 Å². The monoisotopic (exact) mass is 516 g/mol. The summed E-state index contributed by atoms with van der Waals surface area (Å²) in [6.07, 6.45) is 0.998. The number of para-hydroxylation sites is 1. The van der Waals surface area contributed by atoms with Crippen molar-refractivity contribution < 1.29 is 28.6 Å². The number of methoxy groups -OCH3 is 1. The number of rotatable bonds is 10. The number of unbranched alkanes of at least 4 members (excludes halogenated alkanes) is 1. The van der Waals surface area contributed by atoms with Gasteiger partial charge in [-0.25, -0.2) is 9.96 Å². The normalized spacial score (nSPS) is 20.6. The number of hydrogen-bond acceptors (Lipinski definition) is 7. The van der Waals surface area contributed by atoms with E-state index in [1.807, 2.05) is 55.5 Å². The summed E-state index contributed by atoms with van der Waals surface area (Å²) >= 11 is 0. The first-order valence-electron chi connectivity index (χ1n) is 13.0. The third kappa shape index (κ3) is 4.67. The maximum absolute atomic E-state index is 13.9. The Kier molecular flexibility index (Phi) is 7.51. The van der Waals surface area contributed by atoms with Crippen molar-refractivity contribution in [1.29, 1.82) is 0 Å². The van der Waals surface area contributed by atoms with Gasteiger partial charge in [-0.15, -0.1) is 0 Å². The number of benzene rings is 3. The van der Waals surface area contributed by atoms with Gasteiger partial charge in [0.05, 0.1) is 37.7 Å². The Bertz CT molecular complexity index is 1300. The van der Waals surface area contributed by atoms with E-state index in [1.54, 1.807) is 36.4 Å². The third-order valence-corrected chi connectivity index (χ3v) is 6.80. The standard InChI is InChI=1S/C30H32N2O6/c1-4-6-17-37-24-16-15-20(18-25(24)36-5-2)27-26-28(38-32(27)21-11-8-7-9-12-21)30(34)31(29(26)33)22-13-10-14-23(19-22)35-3/h7-16,18-19,26-28H,4-6,17H2,1-3H3/t26-,27+,28-/m1/s1. The van der Waals surface area contributed by atoms with Gasteiger partial charge in [-0.2, -0.15) is 0 Å². The van der Waals surface area contributed by atoms with Crippen LogP contribution in [0.2, 0.25) is 0 Å². The molecular formula is C30H32N2O6. The number of hydroxylamine groups is 1. The molecule has 0 radical (unpaired) electrons. The highest BCUT2D eigenvalue weighted by atomic mass is 16.7. The molecule has 8 nitrogen and oxygen atoms in total. The SMILES string of the molecule is CCCCOc1ccc([C@H]2[C@H]3C(=O)N(c4cccc(OC)c4)C(=O)[C@@H]3ON2c2ccccc2)cc1OCC. The van der Waals surface area contributed by atoms with E-state index in [0.717, 1.165) is 24.1 Å². The van der Waals surface area contributed by atoms with Gasteiger partial charge in [-0.3, -0.25) is 14.4 Å². The van der Waals surface area contributed by atoms with Crippen molar-refractivity contribution in [1.82, 2.24) is 0 Å². The molecule has 2 aliphatic heterocycles. The number of carbonyl (C=O) groups excluding carboxylic acids is 2. The molecule has 8 heteroatoms. The Labute approximate surface area is 222 Å². The molecule has 198 valence electrons. The molecule has 3 atom stereocenters. The highest BCUT2D eigenvalue weighted by molar-refractivity contribution is 6.24. The molecule has 0 bridgehead atoms. The zero-order valence-corrected chi connectivity index (χ0v) is 21.8. The van der Waals surface area contributed by atoms with Crippen molar-refractivity contribution in [2.45, 2.75) is 38.8 Å². The van der Waals surface area contributed by atoms with Gasteiger partial charge < -0.3 is 14.2 Å². The summed E-state index contributed by atoms with van der Waals surface area (Å²) in [6, 6.07) is 21.5. The Balaban J connectivity index is 1.55. The van der Waals surface area contributed by atoms with Crippen LogP contribution in [0.1, 0.15) is 38.3 Å². The molecule has 2 aliphatic rings. The van der Waals surface area contributed by atoms with Gasteiger partial charge >= 0.3 is 0 Å². The van der Waals surface area contributed by atoms with Crippen molar-refractivity contribution in [3.05, 3.63) is 78.4 Å². The lowest BCUT2D eigenvalue weighted by Gasteiger charge is -2.29. The molecule has 38 heavy (non-hydrogen) atoms. The second-order valence-corrected chi connectivity index (χ2v) is 9.21. The summed E-state index contributed by atoms with van der Waals surface area (Å²) < 4.78 is 17.2. The summed E-state index contributed by atoms with van der Waals surface area (Å²) in [7, 11) is 1.55. The summed E-state index contributed by atoms with van der Waals surface area (Å²) in [4.78, 5) is 35.0. The third-order valence-electron chi connectivity index (χ3n) is 6.80. The molecule has 2 amide bonds. The smallest absolute Gasteiger partial charge is 0.266 e. The van der Waals surface area contributed by atoms with E-state index in [2.05, 4.69) is 6.92 Å². The fourth-order valence-corrected chi connectivity index (χ4v) is 4.98. The van der Waals surface area contributed by atoms with E-state index in [-0.39, 0.29) is 5.91 Å². The molecule has 3 aromatic carbocycles. The first-order chi connectivity index (χ1) is 18.6. The van der Waals surface area contributed by atoms with Gasteiger partial charge in [-0.1, -0.05) is 43.7 Å². The molecule has 3 aromatic rings. The quantitative estimate of drug-likeness (QED) is 0.266. The number of anilines is 2. The first kappa shape index (κ1) is 25.6. The second kappa shape index (κ2) is 11.1. The van der Waals surface area contributed by atoms with Crippen molar-refractivity contribution in [2.24, 2.45) is 5.92 Å². The molecule has 2 fully saturated rings. The van der Waals surface area contributed by atoms with Gasteiger partial charge in [0.25, 0.3) is 5.91 Å². The average molecular weight is 517 g/mol. The minimum absolute atomic E-state index is 0.321. The molecule has 2 saturated heterocycles. The average Bonchev–Trinajstić information content (AvgIpc) is 3.46. The minimum atomic E-state index is -0.963. The first-order valence-corrected chi connectivity index (χ1v) is 13.0. The fraction of sp³-hybridized carbons (Fsp3) is 0.333. The Morgan fingerprint density at radius 2 is 1.63 bits per heavy atom. The molecule has 0 saturated carbocycles. The van der Waals surface area contributed by atoms with E-state index in [4.69, 9.17) is 19.0 Å². The Morgan fingerprint density at radius 1 is 0.842 bits per heavy atom. The number of ether oxygens (including phenoxy) is 3. The number of fused-ring (bicyclic) bond motifs is 1. The van der Waals surface area contributed by atoms with Gasteiger partial charge in [-0.05, 0) is 55.3 Å². The van der Waals surface area contributed by atoms with E-state index >= 15 is 0 Å². The summed E-state index contributed by atoms with van der Waals surface area (Å²) in [5.41, 5.74) is 2.00. The zero-order valence-electron chi connectivity index (χ0n) is 21.8. The Morgan fingerprint density at radius 3 is 2.37 bits per heavy atom. The van der Waals surface area contributed by atoms with Crippen LogP contribution >= 0.6 is 0 Å². The van der Waals surface area contributed by atoms with Crippen molar-refractivity contribution in [3.8, 4) is 17.2 Å². The number of hydrogen-bond donors (Lipinski definition) is 0. The van der Waals surface area contributed by atoms with Crippen LogP contribution in [0.5, 0.6) is 17.2 Å². The number of imide groups is 1. The van der Waals surface area contributed by atoms with Crippen molar-refractivity contribution in [2.75, 3.05) is 30.3 Å². The number of nitrogens with zero attached hydrogens (tertiary/aromatic N) is 2. The van der Waals surface area contributed by atoms with Crippen LogP contribution in [0, 0.1) is 5.92 Å². The zero-order chi connectivity index (χ0) is 26.6. The summed E-state index contributed by atoms with van der Waals surface area (Å²) in [5.74, 6) is 0.328. The van der Waals surface area contributed by atoms with Crippen LogP contribution in [-0.2, 0) is 14.4 Å². The molecule has 0 spiro atoms. The van der Waals surface area contributed by atoms with Crippen LogP contribution < -0.4 is 24.2 Å². The molecule has 5 rings (SSSR count). The molecule has 0 unspecified atom stereocenters. The number of carbonyl (C=O) groups is 2. The van der Waals surface area contributed by atoms with Crippen molar-refractivity contribution in [3.63, 3.8) is 0 Å². The van der Waals surface area contributed by atoms with E-state index in [1.165, 1.54) is 4.90 Å². The van der Waals surface area contributed by atoms with Crippen LogP contribution in [0.3, 0.4) is 0 Å². The highest BCUT2D eigenvalue weighted by Gasteiger charge is 2.60. The second-order valence-electron chi connectivity index (χ2n) is 9.21. The predicted octanol–water partition coefficient (Wildman–Crippen LogP) is 5.32. The van der Waals surface area contributed by atoms with Crippen LogP contribution in [0.25, 0.3) is 0 Å². The van der Waals surface area contributed by atoms with Crippen molar-refractivity contribution >= 4 is 23.2 Å². The molecule has 0 aliphatic carbocycles. The number of amides is 2. The lowest BCUT2D eigenvalue weighted by atomic mass is 9.90. The predicted molar refractivity (Wildman–Crippen MR) is 144 cm³/mol. The lowest BCUT2D eigenvalue weighted by Crippen LogP contribution is -2.37. The van der Waals surface area contributed by atoms with Gasteiger partial charge in [0.15, 0.2) is 17.6 Å². The maximum atomic E-state index is 13.9. The van der Waals surface area contributed by atoms with E-state index in [0.29, 0.717) is 36.1 Å². The highest BCUT2D eigenvalue weighted by Crippen LogP contribution is 2.49. The largest absolute Gasteiger partial charge is 0.497 e. The molecule has 2 heterocycles. The van der Waals surface area contributed by atoms with E-state index in [9.17, 15) is 9.59 Å². The van der Waals surface area contributed by atoms with Gasteiger partial charge in [0.2, 0.25) is 5.91 Å². The van der Waals surface area contributed by atoms with Crippen LogP contribution in [-0.4, -0.2) is 38.2 Å².